The van der Waals surface area contributed by atoms with E-state index in [9.17, 15) is 4.79 Å². The van der Waals surface area contributed by atoms with Crippen LogP contribution in [-0.4, -0.2) is 36.0 Å². The average Bonchev–Trinajstić information content (AvgIpc) is 2.38. The van der Waals surface area contributed by atoms with E-state index in [1.165, 1.54) is 0 Å². The van der Waals surface area contributed by atoms with Crippen molar-refractivity contribution in [1.82, 2.24) is 9.97 Å². The van der Waals surface area contributed by atoms with Gasteiger partial charge in [-0.2, -0.15) is 0 Å². The maximum Gasteiger partial charge on any atom is 0.236 e. The van der Waals surface area contributed by atoms with Crippen molar-refractivity contribution in [3.8, 4) is 0 Å². The molecule has 0 radical (unpaired) electrons. The van der Waals surface area contributed by atoms with Gasteiger partial charge in [-0.15, -0.1) is 0 Å². The third-order valence-corrected chi connectivity index (χ3v) is 2.90. The molecule has 0 saturated heterocycles. The number of nitrogens with zero attached hydrogens (tertiary/aromatic N) is 3. The molecular weight excluding hydrogens is 242 g/mol. The molecular formula is C13H23N5O. The van der Waals surface area contributed by atoms with Gasteiger partial charge in [0.05, 0.1) is 6.54 Å². The van der Waals surface area contributed by atoms with Crippen molar-refractivity contribution in [2.24, 2.45) is 5.73 Å². The molecule has 1 heterocycles. The standard InChI is InChI=1S/C13H23N5O/c1-5-7-11-16-12(15-4)9(3)13(17-11)18(6-2)8-10(14)19/h5-8H2,1-4H3,(H2,14,19)(H,15,16,17). The Morgan fingerprint density at radius 3 is 2.53 bits per heavy atom. The molecule has 0 bridgehead atoms. The quantitative estimate of drug-likeness (QED) is 0.771. The normalized spacial score (nSPS) is 10.3. The van der Waals surface area contributed by atoms with E-state index in [2.05, 4.69) is 22.2 Å². The Hall–Kier alpha value is -1.85. The number of likely N-dealkylation sites (N-methyl/N-ethyl adjacent to an activating group) is 1. The van der Waals surface area contributed by atoms with Crippen LogP contribution in [0, 0.1) is 6.92 Å². The Labute approximate surface area is 114 Å². The predicted octanol–water partition coefficient (Wildman–Crippen LogP) is 1.09. The summed E-state index contributed by atoms with van der Waals surface area (Å²) in [5.41, 5.74) is 6.22. The van der Waals surface area contributed by atoms with Gasteiger partial charge in [0.2, 0.25) is 5.91 Å². The first-order chi connectivity index (χ1) is 9.03. The maximum atomic E-state index is 11.1. The molecule has 0 aromatic carbocycles. The van der Waals surface area contributed by atoms with E-state index in [-0.39, 0.29) is 12.5 Å². The second kappa shape index (κ2) is 6.92. The molecule has 6 heteroatoms. The fraction of sp³-hybridized carbons (Fsp3) is 0.615. The highest BCUT2D eigenvalue weighted by Gasteiger charge is 2.16. The summed E-state index contributed by atoms with van der Waals surface area (Å²) < 4.78 is 0. The van der Waals surface area contributed by atoms with Gasteiger partial charge in [-0.05, 0) is 20.3 Å². The summed E-state index contributed by atoms with van der Waals surface area (Å²) in [6, 6.07) is 0. The minimum absolute atomic E-state index is 0.170. The molecule has 1 aromatic heterocycles. The van der Waals surface area contributed by atoms with Crippen molar-refractivity contribution in [2.75, 3.05) is 30.4 Å². The molecule has 19 heavy (non-hydrogen) atoms. The first-order valence-electron chi connectivity index (χ1n) is 6.61. The molecule has 0 aliphatic carbocycles. The monoisotopic (exact) mass is 265 g/mol. The van der Waals surface area contributed by atoms with E-state index in [0.29, 0.717) is 6.54 Å². The lowest BCUT2D eigenvalue weighted by Crippen LogP contribution is -2.35. The first-order valence-corrected chi connectivity index (χ1v) is 6.61. The lowest BCUT2D eigenvalue weighted by Gasteiger charge is -2.23. The fourth-order valence-electron chi connectivity index (χ4n) is 1.96. The number of anilines is 2. The van der Waals surface area contributed by atoms with E-state index in [4.69, 9.17) is 5.73 Å². The number of nitrogens with one attached hydrogen (secondary N) is 1. The third kappa shape index (κ3) is 3.81. The number of rotatable bonds is 7. The van der Waals surface area contributed by atoms with Gasteiger partial charge < -0.3 is 16.0 Å². The summed E-state index contributed by atoms with van der Waals surface area (Å²) in [7, 11) is 1.83. The molecule has 3 N–H and O–H groups in total. The van der Waals surface area contributed by atoms with Gasteiger partial charge in [-0.1, -0.05) is 6.92 Å². The van der Waals surface area contributed by atoms with E-state index < -0.39 is 0 Å². The van der Waals surface area contributed by atoms with Gasteiger partial charge in [-0.25, -0.2) is 9.97 Å². The van der Waals surface area contributed by atoms with Crippen LogP contribution in [0.25, 0.3) is 0 Å². The molecule has 6 nitrogen and oxygen atoms in total. The van der Waals surface area contributed by atoms with Gasteiger partial charge in [-0.3, -0.25) is 4.79 Å². The highest BCUT2D eigenvalue weighted by molar-refractivity contribution is 5.79. The number of carbonyl (C=O) groups excluding carboxylic acids is 1. The van der Waals surface area contributed by atoms with Crippen molar-refractivity contribution < 1.29 is 4.79 Å². The van der Waals surface area contributed by atoms with Crippen molar-refractivity contribution in [1.29, 1.82) is 0 Å². The fourth-order valence-corrected chi connectivity index (χ4v) is 1.96. The van der Waals surface area contributed by atoms with E-state index in [1.54, 1.807) is 0 Å². The van der Waals surface area contributed by atoms with E-state index >= 15 is 0 Å². The van der Waals surface area contributed by atoms with Crippen LogP contribution >= 0.6 is 0 Å². The zero-order valence-corrected chi connectivity index (χ0v) is 12.2. The third-order valence-electron chi connectivity index (χ3n) is 2.90. The van der Waals surface area contributed by atoms with Crippen molar-refractivity contribution in [3.05, 3.63) is 11.4 Å². The lowest BCUT2D eigenvalue weighted by molar-refractivity contribution is -0.116. The molecule has 1 rings (SSSR count). The molecule has 0 aliphatic heterocycles. The SMILES string of the molecule is CCCc1nc(NC)c(C)c(N(CC)CC(N)=O)n1. The van der Waals surface area contributed by atoms with Crippen LogP contribution in [0.4, 0.5) is 11.6 Å². The summed E-state index contributed by atoms with van der Waals surface area (Å²) in [5.74, 6) is 2.01. The number of aryl methyl sites for hydroxylation is 1. The van der Waals surface area contributed by atoms with Gasteiger partial charge >= 0.3 is 0 Å². The lowest BCUT2D eigenvalue weighted by atomic mass is 10.2. The molecule has 1 aromatic rings. The number of amides is 1. The number of hydrogen-bond donors (Lipinski definition) is 2. The number of carbonyl (C=O) groups is 1. The highest BCUT2D eigenvalue weighted by atomic mass is 16.1. The predicted molar refractivity (Wildman–Crippen MR) is 77.4 cm³/mol. The molecule has 0 atom stereocenters. The second-order valence-corrected chi connectivity index (χ2v) is 4.42. The summed E-state index contributed by atoms with van der Waals surface area (Å²) in [5, 5.41) is 3.07. The van der Waals surface area contributed by atoms with Crippen molar-refractivity contribution >= 4 is 17.5 Å². The van der Waals surface area contributed by atoms with Crippen LogP contribution in [0.5, 0.6) is 0 Å². The Morgan fingerprint density at radius 1 is 1.37 bits per heavy atom. The van der Waals surface area contributed by atoms with E-state index in [1.807, 2.05) is 25.8 Å². The minimum Gasteiger partial charge on any atom is -0.373 e. The summed E-state index contributed by atoms with van der Waals surface area (Å²) in [6.07, 6.45) is 1.80. The molecule has 106 valence electrons. The maximum absolute atomic E-state index is 11.1. The molecule has 1 amide bonds. The Morgan fingerprint density at radius 2 is 2.05 bits per heavy atom. The topological polar surface area (TPSA) is 84.1 Å². The molecule has 0 fully saturated rings. The largest absolute Gasteiger partial charge is 0.373 e. The minimum atomic E-state index is -0.358. The smallest absolute Gasteiger partial charge is 0.236 e. The van der Waals surface area contributed by atoms with Crippen LogP contribution in [0.2, 0.25) is 0 Å². The van der Waals surface area contributed by atoms with Gasteiger partial charge in [0.25, 0.3) is 0 Å². The van der Waals surface area contributed by atoms with E-state index in [0.717, 1.165) is 35.9 Å². The summed E-state index contributed by atoms with van der Waals surface area (Å²) in [6.45, 7) is 6.85. The number of nitrogens with two attached hydrogens (primary N) is 1. The molecule has 0 aliphatic rings. The molecule has 0 spiro atoms. The average molecular weight is 265 g/mol. The Kier molecular flexibility index (Phi) is 5.54. The van der Waals surface area contributed by atoms with Crippen LogP contribution < -0.4 is 16.0 Å². The summed E-state index contributed by atoms with van der Waals surface area (Å²) in [4.78, 5) is 22.0. The zero-order chi connectivity index (χ0) is 14.4. The van der Waals surface area contributed by atoms with Gasteiger partial charge in [0.15, 0.2) is 0 Å². The Balaban J connectivity index is 3.21. The summed E-state index contributed by atoms with van der Waals surface area (Å²) >= 11 is 0. The van der Waals surface area contributed by atoms with Crippen LogP contribution in [0.1, 0.15) is 31.7 Å². The van der Waals surface area contributed by atoms with Crippen LogP contribution in [0.15, 0.2) is 0 Å². The number of hydrogen-bond acceptors (Lipinski definition) is 5. The van der Waals surface area contributed by atoms with Gasteiger partial charge in [0.1, 0.15) is 17.5 Å². The number of primary amides is 1. The molecule has 0 unspecified atom stereocenters. The first kappa shape index (κ1) is 15.2. The highest BCUT2D eigenvalue weighted by Crippen LogP contribution is 2.23. The van der Waals surface area contributed by atoms with Crippen molar-refractivity contribution in [3.63, 3.8) is 0 Å². The molecule has 0 saturated carbocycles. The number of aromatic nitrogens is 2. The van der Waals surface area contributed by atoms with Crippen molar-refractivity contribution in [2.45, 2.75) is 33.6 Å². The van der Waals surface area contributed by atoms with Gasteiger partial charge in [0, 0.05) is 25.6 Å². The van der Waals surface area contributed by atoms with Crippen LogP contribution in [0.3, 0.4) is 0 Å². The van der Waals surface area contributed by atoms with Crippen LogP contribution in [-0.2, 0) is 11.2 Å². The second-order valence-electron chi connectivity index (χ2n) is 4.42. The zero-order valence-electron chi connectivity index (χ0n) is 12.2. The Bertz CT molecular complexity index is 447.